The molecule has 0 fully saturated rings. The average molecular weight is 397 g/mol. The summed E-state index contributed by atoms with van der Waals surface area (Å²) in [5.41, 5.74) is 2.79. The molecule has 0 radical (unpaired) electrons. The zero-order valence-electron chi connectivity index (χ0n) is 16.4. The number of rotatable bonds is 8. The summed E-state index contributed by atoms with van der Waals surface area (Å²) >= 11 is 0. The number of esters is 1. The number of methoxy groups -OCH3 is 1. The average Bonchev–Trinajstić information content (AvgIpc) is 3.11. The molecule has 29 heavy (non-hydrogen) atoms. The van der Waals surface area contributed by atoms with Gasteiger partial charge in [0.25, 0.3) is 0 Å². The van der Waals surface area contributed by atoms with Gasteiger partial charge in [-0.05, 0) is 36.4 Å². The van der Waals surface area contributed by atoms with Crippen molar-refractivity contribution >= 4 is 22.8 Å². The number of fused-ring (bicyclic) bond motifs is 1. The molecule has 0 aliphatic carbocycles. The molecule has 0 spiro atoms. The monoisotopic (exact) mass is 397 g/mol. The van der Waals surface area contributed by atoms with Crippen LogP contribution in [0.15, 0.2) is 54.7 Å². The number of benzene rings is 2. The highest BCUT2D eigenvalue weighted by Gasteiger charge is 2.23. The Hall–Kier alpha value is -3.19. The smallest absolute Gasteiger partial charge is 0.328 e. The molecule has 1 amide bonds. The highest BCUT2D eigenvalue weighted by Crippen LogP contribution is 2.19. The lowest BCUT2D eigenvalue weighted by Crippen LogP contribution is -2.46. The van der Waals surface area contributed by atoms with Gasteiger partial charge < -0.3 is 15.0 Å². The molecule has 0 aliphatic heterocycles. The van der Waals surface area contributed by atoms with Crippen molar-refractivity contribution in [3.63, 3.8) is 0 Å². The van der Waals surface area contributed by atoms with Crippen LogP contribution in [0.2, 0.25) is 0 Å². The number of carbonyl (C=O) groups excluding carboxylic acids is 2. The molecule has 1 aromatic heterocycles. The highest BCUT2D eigenvalue weighted by molar-refractivity contribution is 5.87. The molecule has 6 nitrogen and oxygen atoms in total. The molecule has 3 rings (SSSR count). The van der Waals surface area contributed by atoms with Gasteiger partial charge in [0, 0.05) is 30.1 Å². The predicted octanol–water partition coefficient (Wildman–Crippen LogP) is 2.64. The fourth-order valence-electron chi connectivity index (χ4n) is 3.30. The third kappa shape index (κ3) is 5.42. The summed E-state index contributed by atoms with van der Waals surface area (Å²) < 4.78 is 17.9. The second kappa shape index (κ2) is 9.34. The van der Waals surface area contributed by atoms with E-state index in [4.69, 9.17) is 4.74 Å². The van der Waals surface area contributed by atoms with Gasteiger partial charge in [0.1, 0.15) is 11.9 Å². The number of nitrogens with zero attached hydrogens (tertiary/aromatic N) is 1. The minimum atomic E-state index is -0.786. The molecule has 0 saturated heterocycles. The first-order valence-corrected chi connectivity index (χ1v) is 9.31. The summed E-state index contributed by atoms with van der Waals surface area (Å²) in [6, 6.07) is 13.1. The Morgan fingerprint density at radius 2 is 1.90 bits per heavy atom. The van der Waals surface area contributed by atoms with Crippen molar-refractivity contribution in [3.05, 3.63) is 71.7 Å². The van der Waals surface area contributed by atoms with Crippen LogP contribution < -0.4 is 5.32 Å². The number of aromatic nitrogens is 1. The third-order valence-corrected chi connectivity index (χ3v) is 4.70. The quantitative estimate of drug-likeness (QED) is 0.573. The number of nitrogens with one attached hydrogen (secondary N) is 2. The van der Waals surface area contributed by atoms with E-state index >= 15 is 0 Å². The van der Waals surface area contributed by atoms with Crippen molar-refractivity contribution in [2.24, 2.45) is 0 Å². The molecule has 0 aliphatic rings. The Morgan fingerprint density at radius 3 is 2.62 bits per heavy atom. The second-order valence-electron chi connectivity index (χ2n) is 7.01. The van der Waals surface area contributed by atoms with Crippen LogP contribution in [0.5, 0.6) is 0 Å². The molecule has 0 bridgehead atoms. The van der Waals surface area contributed by atoms with Crippen molar-refractivity contribution in [2.45, 2.75) is 19.0 Å². The maximum atomic E-state index is 13.0. The first-order valence-electron chi connectivity index (χ1n) is 9.31. The topological polar surface area (TPSA) is 74.4 Å². The van der Waals surface area contributed by atoms with Crippen molar-refractivity contribution in [1.82, 2.24) is 15.2 Å². The number of aromatic amines is 1. The molecular weight excluding hydrogens is 373 g/mol. The molecule has 3 aromatic rings. The molecule has 7 heteroatoms. The van der Waals surface area contributed by atoms with Crippen LogP contribution in [-0.2, 0) is 27.3 Å². The number of para-hydroxylation sites is 1. The van der Waals surface area contributed by atoms with Crippen molar-refractivity contribution in [2.75, 3.05) is 20.7 Å². The van der Waals surface area contributed by atoms with Crippen LogP contribution in [0.4, 0.5) is 4.39 Å². The summed E-state index contributed by atoms with van der Waals surface area (Å²) in [5.74, 6) is -1.08. The van der Waals surface area contributed by atoms with E-state index in [9.17, 15) is 14.0 Å². The first-order chi connectivity index (χ1) is 14.0. The molecule has 0 unspecified atom stereocenters. The number of ether oxygens (including phenoxy) is 1. The Bertz CT molecular complexity index is 984. The summed E-state index contributed by atoms with van der Waals surface area (Å²) in [7, 11) is 3.09. The van der Waals surface area contributed by atoms with E-state index in [2.05, 4.69) is 10.3 Å². The minimum Gasteiger partial charge on any atom is -0.467 e. The van der Waals surface area contributed by atoms with Gasteiger partial charge >= 0.3 is 5.97 Å². The summed E-state index contributed by atoms with van der Waals surface area (Å²) in [4.78, 5) is 29.7. The predicted molar refractivity (Wildman–Crippen MR) is 109 cm³/mol. The van der Waals surface area contributed by atoms with Gasteiger partial charge in [-0.3, -0.25) is 9.69 Å². The Balaban J connectivity index is 1.62. The van der Waals surface area contributed by atoms with E-state index < -0.39 is 12.0 Å². The van der Waals surface area contributed by atoms with Gasteiger partial charge in [0.15, 0.2) is 0 Å². The van der Waals surface area contributed by atoms with E-state index in [-0.39, 0.29) is 18.3 Å². The number of halogens is 1. The Morgan fingerprint density at radius 1 is 1.17 bits per heavy atom. The van der Waals surface area contributed by atoms with Crippen LogP contribution in [0.1, 0.15) is 11.1 Å². The lowest BCUT2D eigenvalue weighted by Gasteiger charge is -2.20. The number of H-pyrrole nitrogens is 1. The van der Waals surface area contributed by atoms with Crippen molar-refractivity contribution in [1.29, 1.82) is 0 Å². The molecule has 152 valence electrons. The van der Waals surface area contributed by atoms with E-state index in [1.807, 2.05) is 30.5 Å². The fraction of sp³-hybridized carbons (Fsp3) is 0.273. The standard InChI is InChI=1S/C22H24FN3O3/c1-26(13-15-7-9-17(23)10-8-15)14-21(27)25-20(22(28)29-2)11-16-12-24-19-6-4-3-5-18(16)19/h3-10,12,20,24H,11,13-14H2,1-2H3,(H,25,27)/t20-/m0/s1. The van der Waals surface area contributed by atoms with Crippen molar-refractivity contribution in [3.8, 4) is 0 Å². The second-order valence-corrected chi connectivity index (χ2v) is 7.01. The highest BCUT2D eigenvalue weighted by atomic mass is 19.1. The van der Waals surface area contributed by atoms with Gasteiger partial charge in [0.2, 0.25) is 5.91 Å². The third-order valence-electron chi connectivity index (χ3n) is 4.70. The van der Waals surface area contributed by atoms with Crippen molar-refractivity contribution < 1.29 is 18.7 Å². The van der Waals surface area contributed by atoms with Crippen LogP contribution >= 0.6 is 0 Å². The number of likely N-dealkylation sites (N-methyl/N-ethyl adjacent to an activating group) is 1. The zero-order valence-corrected chi connectivity index (χ0v) is 16.4. The molecule has 0 saturated carbocycles. The largest absolute Gasteiger partial charge is 0.467 e. The number of carbonyl (C=O) groups is 2. The Labute approximate surface area is 168 Å². The lowest BCUT2D eigenvalue weighted by molar-refractivity contribution is -0.145. The zero-order chi connectivity index (χ0) is 20.8. The van der Waals surface area contributed by atoms with E-state index in [0.29, 0.717) is 13.0 Å². The van der Waals surface area contributed by atoms with E-state index in [1.165, 1.54) is 19.2 Å². The maximum absolute atomic E-state index is 13.0. The SMILES string of the molecule is COC(=O)[C@H](Cc1c[nH]c2ccccc12)NC(=O)CN(C)Cc1ccc(F)cc1. The molecule has 2 aromatic carbocycles. The summed E-state index contributed by atoms with van der Waals surface area (Å²) in [5, 5.41) is 3.77. The van der Waals surface area contributed by atoms with E-state index in [0.717, 1.165) is 22.0 Å². The summed E-state index contributed by atoms with van der Waals surface area (Å²) in [6.45, 7) is 0.581. The van der Waals surface area contributed by atoms with Crippen LogP contribution in [0.25, 0.3) is 10.9 Å². The molecule has 2 N–H and O–H groups in total. The molecule has 1 heterocycles. The fourth-order valence-corrected chi connectivity index (χ4v) is 3.30. The summed E-state index contributed by atoms with van der Waals surface area (Å²) in [6.07, 6.45) is 2.16. The number of hydrogen-bond donors (Lipinski definition) is 2. The number of amides is 1. The minimum absolute atomic E-state index is 0.0960. The van der Waals surface area contributed by atoms with Crippen LogP contribution in [0, 0.1) is 5.82 Å². The van der Waals surface area contributed by atoms with E-state index in [1.54, 1.807) is 24.1 Å². The van der Waals surface area contributed by atoms with Gasteiger partial charge in [-0.15, -0.1) is 0 Å². The lowest BCUT2D eigenvalue weighted by atomic mass is 10.0. The van der Waals surface area contributed by atoms with Gasteiger partial charge in [0.05, 0.1) is 13.7 Å². The Kier molecular flexibility index (Phi) is 6.61. The maximum Gasteiger partial charge on any atom is 0.328 e. The molecule has 1 atom stereocenters. The number of hydrogen-bond acceptors (Lipinski definition) is 4. The normalized spacial score (nSPS) is 12.1. The molecular formula is C22H24FN3O3. The van der Waals surface area contributed by atoms with Gasteiger partial charge in [-0.1, -0.05) is 30.3 Å². The van der Waals surface area contributed by atoms with Gasteiger partial charge in [-0.25, -0.2) is 9.18 Å². The first kappa shape index (κ1) is 20.5. The van der Waals surface area contributed by atoms with Crippen LogP contribution in [-0.4, -0.2) is 48.5 Å². The van der Waals surface area contributed by atoms with Gasteiger partial charge in [-0.2, -0.15) is 0 Å². The van der Waals surface area contributed by atoms with Crippen LogP contribution in [0.3, 0.4) is 0 Å².